The molecule has 4 nitrogen and oxygen atoms in total. The Morgan fingerprint density at radius 2 is 2.10 bits per heavy atom. The Morgan fingerprint density at radius 1 is 1.30 bits per heavy atom. The van der Waals surface area contributed by atoms with Crippen LogP contribution >= 0.6 is 0 Å². The number of rotatable bonds is 6. The summed E-state index contributed by atoms with van der Waals surface area (Å²) in [5.41, 5.74) is 1.50. The number of nitrogens with zero attached hydrogens (tertiary/aromatic N) is 3. The molecule has 0 saturated carbocycles. The molecule has 0 unspecified atom stereocenters. The number of ether oxygens (including phenoxy) is 1. The van der Waals surface area contributed by atoms with Crippen LogP contribution in [0.5, 0.6) is 5.75 Å². The molecule has 0 fully saturated rings. The third-order valence-corrected chi connectivity index (χ3v) is 3.33. The van der Waals surface area contributed by atoms with Gasteiger partial charge < -0.3 is 4.74 Å². The summed E-state index contributed by atoms with van der Waals surface area (Å²) < 4.78 is 7.67. The van der Waals surface area contributed by atoms with Gasteiger partial charge in [0.25, 0.3) is 0 Å². The summed E-state index contributed by atoms with van der Waals surface area (Å²) in [7, 11) is 0. The molecule has 2 rings (SSSR count). The second-order valence-corrected chi connectivity index (χ2v) is 4.69. The van der Waals surface area contributed by atoms with Crippen LogP contribution in [-0.2, 0) is 6.61 Å². The maximum Gasteiger partial charge on any atom is 0.132 e. The molecule has 0 saturated heterocycles. The first-order chi connectivity index (χ1) is 9.76. The lowest BCUT2D eigenvalue weighted by Gasteiger charge is -2.12. The SMILES string of the molecule is CCC(CC)n1ccc(COc2cccc(C#N)c2)n1. The number of hydrogen-bond acceptors (Lipinski definition) is 3. The van der Waals surface area contributed by atoms with Gasteiger partial charge in [0.1, 0.15) is 12.4 Å². The average Bonchev–Trinajstić information content (AvgIpc) is 2.95. The van der Waals surface area contributed by atoms with E-state index in [1.165, 1.54) is 0 Å². The van der Waals surface area contributed by atoms with E-state index in [2.05, 4.69) is 25.0 Å². The van der Waals surface area contributed by atoms with Crippen molar-refractivity contribution in [1.82, 2.24) is 9.78 Å². The largest absolute Gasteiger partial charge is 0.487 e. The van der Waals surface area contributed by atoms with Gasteiger partial charge in [-0.1, -0.05) is 19.9 Å². The van der Waals surface area contributed by atoms with E-state index in [1.54, 1.807) is 12.1 Å². The van der Waals surface area contributed by atoms with Crippen molar-refractivity contribution in [2.24, 2.45) is 0 Å². The average molecular weight is 269 g/mol. The molecule has 1 heterocycles. The Bertz CT molecular complexity index is 594. The summed E-state index contributed by atoms with van der Waals surface area (Å²) >= 11 is 0. The van der Waals surface area contributed by atoms with Crippen LogP contribution in [0, 0.1) is 11.3 Å². The van der Waals surface area contributed by atoms with E-state index in [4.69, 9.17) is 10.00 Å². The zero-order valence-corrected chi connectivity index (χ0v) is 11.9. The van der Waals surface area contributed by atoms with Gasteiger partial charge in [-0.15, -0.1) is 0 Å². The van der Waals surface area contributed by atoms with E-state index in [1.807, 2.05) is 29.1 Å². The van der Waals surface area contributed by atoms with Crippen molar-refractivity contribution in [2.75, 3.05) is 0 Å². The first kappa shape index (κ1) is 14.1. The van der Waals surface area contributed by atoms with Crippen LogP contribution in [0.2, 0.25) is 0 Å². The maximum absolute atomic E-state index is 8.84. The van der Waals surface area contributed by atoms with E-state index < -0.39 is 0 Å². The molecule has 0 amide bonds. The summed E-state index contributed by atoms with van der Waals surface area (Å²) in [6, 6.07) is 11.7. The van der Waals surface area contributed by atoms with Crippen LogP contribution in [-0.4, -0.2) is 9.78 Å². The highest BCUT2D eigenvalue weighted by atomic mass is 16.5. The zero-order valence-electron chi connectivity index (χ0n) is 11.9. The third-order valence-electron chi connectivity index (χ3n) is 3.33. The van der Waals surface area contributed by atoms with Crippen molar-refractivity contribution in [2.45, 2.75) is 39.3 Å². The summed E-state index contributed by atoms with van der Waals surface area (Å²) in [5, 5.41) is 13.4. The van der Waals surface area contributed by atoms with Crippen molar-refractivity contribution in [3.63, 3.8) is 0 Å². The first-order valence-corrected chi connectivity index (χ1v) is 6.93. The van der Waals surface area contributed by atoms with Crippen molar-refractivity contribution < 1.29 is 4.74 Å². The van der Waals surface area contributed by atoms with Gasteiger partial charge in [-0.05, 0) is 37.1 Å². The minimum atomic E-state index is 0.419. The predicted molar refractivity (Wildman–Crippen MR) is 77.3 cm³/mol. The van der Waals surface area contributed by atoms with Crippen molar-refractivity contribution in [3.8, 4) is 11.8 Å². The second-order valence-electron chi connectivity index (χ2n) is 4.69. The number of hydrogen-bond donors (Lipinski definition) is 0. The Balaban J connectivity index is 1.99. The molecule has 0 spiro atoms. The number of aromatic nitrogens is 2. The van der Waals surface area contributed by atoms with Crippen LogP contribution < -0.4 is 4.74 Å². The summed E-state index contributed by atoms with van der Waals surface area (Å²) in [6.07, 6.45) is 4.15. The van der Waals surface area contributed by atoms with Crippen LogP contribution in [0.4, 0.5) is 0 Å². The molecule has 1 aromatic carbocycles. The predicted octanol–water partition coefficient (Wildman–Crippen LogP) is 3.69. The fraction of sp³-hybridized carbons (Fsp3) is 0.375. The lowest BCUT2D eigenvalue weighted by molar-refractivity contribution is 0.297. The van der Waals surface area contributed by atoms with Gasteiger partial charge in [-0.25, -0.2) is 0 Å². The highest BCUT2D eigenvalue weighted by Gasteiger charge is 2.08. The third kappa shape index (κ3) is 3.39. The monoisotopic (exact) mass is 269 g/mol. The van der Waals surface area contributed by atoms with E-state index in [9.17, 15) is 0 Å². The first-order valence-electron chi connectivity index (χ1n) is 6.93. The summed E-state index contributed by atoms with van der Waals surface area (Å²) in [6.45, 7) is 4.75. The molecule has 104 valence electrons. The van der Waals surface area contributed by atoms with E-state index in [-0.39, 0.29) is 0 Å². The van der Waals surface area contributed by atoms with Gasteiger partial charge in [0.15, 0.2) is 0 Å². The standard InChI is InChI=1S/C16H19N3O/c1-3-15(4-2)19-9-8-14(18-19)12-20-16-7-5-6-13(10-16)11-17/h5-10,15H,3-4,12H2,1-2H3. The van der Waals surface area contributed by atoms with Gasteiger partial charge in [-0.2, -0.15) is 10.4 Å². The molecule has 0 aliphatic carbocycles. The molecule has 0 bridgehead atoms. The second kappa shape index (κ2) is 6.76. The summed E-state index contributed by atoms with van der Waals surface area (Å²) in [5.74, 6) is 0.695. The van der Waals surface area contributed by atoms with E-state index >= 15 is 0 Å². The minimum Gasteiger partial charge on any atom is -0.487 e. The lowest BCUT2D eigenvalue weighted by Crippen LogP contribution is -2.08. The fourth-order valence-electron chi connectivity index (χ4n) is 2.13. The molecule has 2 aromatic rings. The molecular weight excluding hydrogens is 250 g/mol. The molecule has 0 radical (unpaired) electrons. The highest BCUT2D eigenvalue weighted by Crippen LogP contribution is 2.17. The maximum atomic E-state index is 8.84. The molecule has 0 aliphatic heterocycles. The minimum absolute atomic E-state index is 0.419. The van der Waals surface area contributed by atoms with E-state index in [0.717, 1.165) is 18.5 Å². The molecule has 20 heavy (non-hydrogen) atoms. The van der Waals surface area contributed by atoms with Crippen LogP contribution in [0.15, 0.2) is 36.5 Å². The van der Waals surface area contributed by atoms with Gasteiger partial charge in [0.05, 0.1) is 23.4 Å². The van der Waals surface area contributed by atoms with Crippen LogP contribution in [0.1, 0.15) is 44.0 Å². The number of nitriles is 1. The highest BCUT2D eigenvalue weighted by molar-refractivity contribution is 5.36. The molecular formula is C16H19N3O. The smallest absolute Gasteiger partial charge is 0.132 e. The topological polar surface area (TPSA) is 50.8 Å². The van der Waals surface area contributed by atoms with Gasteiger partial charge in [-0.3, -0.25) is 4.68 Å². The van der Waals surface area contributed by atoms with E-state index in [0.29, 0.717) is 24.0 Å². The van der Waals surface area contributed by atoms with Crippen molar-refractivity contribution in [3.05, 3.63) is 47.8 Å². The Morgan fingerprint density at radius 3 is 2.80 bits per heavy atom. The Hall–Kier alpha value is -2.28. The Labute approximate surface area is 119 Å². The zero-order chi connectivity index (χ0) is 14.4. The summed E-state index contributed by atoms with van der Waals surface area (Å²) in [4.78, 5) is 0. The molecule has 0 atom stereocenters. The van der Waals surface area contributed by atoms with Crippen molar-refractivity contribution >= 4 is 0 Å². The lowest BCUT2D eigenvalue weighted by atomic mass is 10.2. The van der Waals surface area contributed by atoms with Crippen LogP contribution in [0.25, 0.3) is 0 Å². The molecule has 4 heteroatoms. The number of benzene rings is 1. The van der Waals surface area contributed by atoms with Crippen LogP contribution in [0.3, 0.4) is 0 Å². The molecule has 0 N–H and O–H groups in total. The fourth-order valence-corrected chi connectivity index (χ4v) is 2.13. The Kier molecular flexibility index (Phi) is 4.78. The van der Waals surface area contributed by atoms with Gasteiger partial charge >= 0.3 is 0 Å². The normalized spacial score (nSPS) is 10.5. The quantitative estimate of drug-likeness (QED) is 0.803. The van der Waals surface area contributed by atoms with Crippen molar-refractivity contribution in [1.29, 1.82) is 5.26 Å². The van der Waals surface area contributed by atoms with Gasteiger partial charge in [0, 0.05) is 6.20 Å². The molecule has 1 aromatic heterocycles. The molecule has 0 aliphatic rings. The van der Waals surface area contributed by atoms with Gasteiger partial charge in [0.2, 0.25) is 0 Å².